The molecule has 1 aliphatic heterocycles. The van der Waals surface area contributed by atoms with Crippen molar-refractivity contribution >= 4 is 16.0 Å². The summed E-state index contributed by atoms with van der Waals surface area (Å²) in [6.07, 6.45) is 0.788. The minimum atomic E-state index is -5.08. The number of aryl methyl sites for hydroxylation is 1. The highest BCUT2D eigenvalue weighted by Gasteiger charge is 2.38. The van der Waals surface area contributed by atoms with Gasteiger partial charge in [0.2, 0.25) is 10.0 Å². The largest absolute Gasteiger partial charge is 0.490 e. The summed E-state index contributed by atoms with van der Waals surface area (Å²) in [5, 5.41) is 7.12. The molecule has 0 bridgehead atoms. The maximum atomic E-state index is 12.2. The Morgan fingerprint density at radius 3 is 2.60 bits per heavy atom. The van der Waals surface area contributed by atoms with Gasteiger partial charge < -0.3 is 14.4 Å². The number of carboxylic acid groups (broad SMARTS) is 1. The quantitative estimate of drug-likeness (QED) is 0.741. The molecular formula is C17H21F3N4O5S. The van der Waals surface area contributed by atoms with Crippen LogP contribution in [-0.2, 0) is 34.5 Å². The van der Waals surface area contributed by atoms with Gasteiger partial charge in [-0.3, -0.25) is 4.98 Å². The minimum Gasteiger partial charge on any atom is -0.486 e. The molecule has 0 aromatic carbocycles. The lowest BCUT2D eigenvalue weighted by Gasteiger charge is -2.19. The molecule has 0 aliphatic carbocycles. The van der Waals surface area contributed by atoms with Gasteiger partial charge in [0.15, 0.2) is 0 Å². The average molecular weight is 450 g/mol. The monoisotopic (exact) mass is 450 g/mol. The van der Waals surface area contributed by atoms with Gasteiger partial charge in [-0.15, -0.1) is 0 Å². The molecule has 13 heteroatoms. The summed E-state index contributed by atoms with van der Waals surface area (Å²) in [6.45, 7) is 3.63. The van der Waals surface area contributed by atoms with Crippen LogP contribution in [0.2, 0.25) is 0 Å². The van der Waals surface area contributed by atoms with E-state index in [4.69, 9.17) is 14.6 Å². The SMILES string of the molecule is CCS(=O)(=O)N1CCCn2cnc(COc3cccnc3)c2C1.O=C(O)C(F)(F)F. The highest BCUT2D eigenvalue weighted by molar-refractivity contribution is 7.89. The molecule has 2 aromatic heterocycles. The first-order valence-electron chi connectivity index (χ1n) is 8.88. The van der Waals surface area contributed by atoms with E-state index in [0.29, 0.717) is 25.4 Å². The van der Waals surface area contributed by atoms with Crippen molar-refractivity contribution in [2.75, 3.05) is 12.3 Å². The average Bonchev–Trinajstić information content (AvgIpc) is 2.94. The molecule has 0 radical (unpaired) electrons. The van der Waals surface area contributed by atoms with E-state index < -0.39 is 22.2 Å². The third-order valence-corrected chi connectivity index (χ3v) is 6.00. The molecule has 0 fully saturated rings. The number of aromatic nitrogens is 3. The number of carboxylic acids is 1. The van der Waals surface area contributed by atoms with E-state index in [2.05, 4.69) is 9.97 Å². The van der Waals surface area contributed by atoms with Gasteiger partial charge in [0, 0.05) is 19.3 Å². The lowest BCUT2D eigenvalue weighted by atomic mass is 10.3. The summed E-state index contributed by atoms with van der Waals surface area (Å²) >= 11 is 0. The molecule has 0 saturated carbocycles. The van der Waals surface area contributed by atoms with Crippen molar-refractivity contribution in [2.45, 2.75) is 39.2 Å². The van der Waals surface area contributed by atoms with E-state index in [1.54, 1.807) is 36.0 Å². The second-order valence-corrected chi connectivity index (χ2v) is 8.46. The number of sulfonamides is 1. The number of ether oxygens (including phenoxy) is 1. The molecule has 1 N–H and O–H groups in total. The summed E-state index contributed by atoms with van der Waals surface area (Å²) in [4.78, 5) is 17.3. The standard InChI is InChI=1S/C15H20N4O3S.C2HF3O2/c1-2-23(20,21)19-8-4-7-18-12-17-14(15(18)10-19)11-22-13-5-3-6-16-9-13;3-2(4,5)1(6)7/h3,5-6,9,12H,2,4,7-8,10-11H2,1H3;(H,6,7). The summed E-state index contributed by atoms with van der Waals surface area (Å²) in [6, 6.07) is 3.63. The van der Waals surface area contributed by atoms with Gasteiger partial charge in [0.05, 0.1) is 30.5 Å². The first-order valence-corrected chi connectivity index (χ1v) is 10.5. The Kier molecular flexibility index (Phi) is 7.78. The molecule has 2 aromatic rings. The first kappa shape index (κ1) is 23.6. The van der Waals surface area contributed by atoms with Crippen LogP contribution in [0.3, 0.4) is 0 Å². The minimum absolute atomic E-state index is 0.114. The second kappa shape index (κ2) is 9.89. The van der Waals surface area contributed by atoms with Crippen LogP contribution in [0.5, 0.6) is 5.75 Å². The number of pyridine rings is 1. The number of halogens is 3. The second-order valence-electron chi connectivity index (χ2n) is 6.20. The summed E-state index contributed by atoms with van der Waals surface area (Å²) in [5.74, 6) is -1.98. The number of carbonyl (C=O) groups is 1. The zero-order valence-corrected chi connectivity index (χ0v) is 16.9. The van der Waals surface area contributed by atoms with Crippen molar-refractivity contribution in [1.29, 1.82) is 0 Å². The van der Waals surface area contributed by atoms with Gasteiger partial charge in [-0.2, -0.15) is 17.5 Å². The fourth-order valence-corrected chi connectivity index (χ4v) is 3.70. The van der Waals surface area contributed by atoms with Crippen LogP contribution in [-0.4, -0.2) is 56.8 Å². The van der Waals surface area contributed by atoms with Crippen molar-refractivity contribution < 1.29 is 36.2 Å². The summed E-state index contributed by atoms with van der Waals surface area (Å²) < 4.78 is 65.4. The van der Waals surface area contributed by atoms with Crippen molar-refractivity contribution in [3.05, 3.63) is 42.2 Å². The predicted octanol–water partition coefficient (Wildman–Crippen LogP) is 2.05. The van der Waals surface area contributed by atoms with Crippen LogP contribution < -0.4 is 4.74 Å². The Balaban J connectivity index is 0.000000396. The molecule has 3 rings (SSSR count). The maximum Gasteiger partial charge on any atom is 0.490 e. The molecule has 3 heterocycles. The lowest BCUT2D eigenvalue weighted by molar-refractivity contribution is -0.192. The molecule has 30 heavy (non-hydrogen) atoms. The first-order chi connectivity index (χ1) is 14.0. The number of aliphatic carboxylic acids is 1. The number of hydrogen-bond donors (Lipinski definition) is 1. The zero-order chi connectivity index (χ0) is 22.4. The molecular weight excluding hydrogens is 429 g/mol. The Hall–Kier alpha value is -2.67. The van der Waals surface area contributed by atoms with Crippen LogP contribution in [0, 0.1) is 0 Å². The predicted molar refractivity (Wildman–Crippen MR) is 99.0 cm³/mol. The number of imidazole rings is 1. The molecule has 0 atom stereocenters. The van der Waals surface area contributed by atoms with E-state index >= 15 is 0 Å². The Morgan fingerprint density at radius 1 is 1.33 bits per heavy atom. The normalized spacial score (nSPS) is 14.8. The molecule has 0 unspecified atom stereocenters. The van der Waals surface area contributed by atoms with E-state index in [-0.39, 0.29) is 5.75 Å². The third-order valence-electron chi connectivity index (χ3n) is 4.18. The summed E-state index contributed by atoms with van der Waals surface area (Å²) in [7, 11) is -3.21. The number of fused-ring (bicyclic) bond motifs is 1. The molecule has 9 nitrogen and oxygen atoms in total. The van der Waals surface area contributed by atoms with E-state index in [0.717, 1.165) is 24.4 Å². The van der Waals surface area contributed by atoms with Gasteiger partial charge in [0.25, 0.3) is 0 Å². The van der Waals surface area contributed by atoms with Crippen LogP contribution in [0.4, 0.5) is 13.2 Å². The fraction of sp³-hybridized carbons (Fsp3) is 0.471. The van der Waals surface area contributed by atoms with Crippen molar-refractivity contribution in [3.63, 3.8) is 0 Å². The van der Waals surface area contributed by atoms with Gasteiger partial charge in [-0.1, -0.05) is 0 Å². The number of hydrogen-bond acceptors (Lipinski definition) is 6. The van der Waals surface area contributed by atoms with Crippen LogP contribution >= 0.6 is 0 Å². The van der Waals surface area contributed by atoms with Gasteiger partial charge in [-0.05, 0) is 25.5 Å². The fourth-order valence-electron chi connectivity index (χ4n) is 2.61. The Bertz CT molecular complexity index is 948. The zero-order valence-electron chi connectivity index (χ0n) is 16.0. The third kappa shape index (κ3) is 6.42. The molecule has 1 aliphatic rings. The molecule has 0 saturated heterocycles. The molecule has 0 spiro atoms. The molecule has 166 valence electrons. The number of nitrogens with zero attached hydrogens (tertiary/aromatic N) is 4. The topological polar surface area (TPSA) is 115 Å². The Morgan fingerprint density at radius 2 is 2.03 bits per heavy atom. The van der Waals surface area contributed by atoms with E-state index in [1.807, 2.05) is 10.6 Å². The maximum absolute atomic E-state index is 12.2. The van der Waals surface area contributed by atoms with Crippen molar-refractivity contribution in [3.8, 4) is 5.75 Å². The van der Waals surface area contributed by atoms with Gasteiger partial charge >= 0.3 is 12.1 Å². The lowest BCUT2D eigenvalue weighted by Crippen LogP contribution is -2.32. The Labute approximate surface area is 171 Å². The van der Waals surface area contributed by atoms with Crippen LogP contribution in [0.15, 0.2) is 30.9 Å². The van der Waals surface area contributed by atoms with Gasteiger partial charge in [0.1, 0.15) is 18.1 Å². The molecule has 0 amide bonds. The van der Waals surface area contributed by atoms with Crippen molar-refractivity contribution in [2.24, 2.45) is 0 Å². The van der Waals surface area contributed by atoms with Crippen LogP contribution in [0.1, 0.15) is 24.7 Å². The summed E-state index contributed by atoms with van der Waals surface area (Å²) in [5.41, 5.74) is 1.68. The number of rotatable bonds is 5. The van der Waals surface area contributed by atoms with Gasteiger partial charge in [-0.25, -0.2) is 18.2 Å². The van der Waals surface area contributed by atoms with E-state index in [1.165, 1.54) is 0 Å². The highest BCUT2D eigenvalue weighted by Crippen LogP contribution is 2.20. The smallest absolute Gasteiger partial charge is 0.486 e. The van der Waals surface area contributed by atoms with Crippen molar-refractivity contribution in [1.82, 2.24) is 18.8 Å². The highest BCUT2D eigenvalue weighted by atomic mass is 32.2. The number of alkyl halides is 3. The van der Waals surface area contributed by atoms with E-state index in [9.17, 15) is 21.6 Å². The van der Waals surface area contributed by atoms with Crippen LogP contribution in [0.25, 0.3) is 0 Å².